The van der Waals surface area contributed by atoms with Crippen molar-refractivity contribution in [2.75, 3.05) is 52.9 Å². The summed E-state index contributed by atoms with van der Waals surface area (Å²) in [6, 6.07) is 5.38. The minimum absolute atomic E-state index is 0.00290. The molecule has 1 aromatic carbocycles. The minimum Gasteiger partial charge on any atom is -0.464 e. The van der Waals surface area contributed by atoms with Crippen molar-refractivity contribution in [3.8, 4) is 11.5 Å². The Labute approximate surface area is 329 Å². The van der Waals surface area contributed by atoms with Crippen molar-refractivity contribution in [2.24, 2.45) is 10.8 Å². The highest BCUT2D eigenvalue weighted by molar-refractivity contribution is 5.82. The van der Waals surface area contributed by atoms with Gasteiger partial charge in [-0.25, -0.2) is 0 Å². The van der Waals surface area contributed by atoms with Crippen LogP contribution in [0.15, 0.2) is 24.3 Å². The molecule has 1 rings (SSSR count). The smallest absolute Gasteiger partial charge is 0.324 e. The van der Waals surface area contributed by atoms with Gasteiger partial charge in [0.25, 0.3) is 0 Å². The van der Waals surface area contributed by atoms with Gasteiger partial charge in [0.1, 0.15) is 48.8 Å². The number of unbranched alkanes of at least 4 members (excludes halogenated alkanes) is 8. The van der Waals surface area contributed by atoms with E-state index in [1.807, 2.05) is 0 Å². The average molecular weight is 799 g/mol. The third kappa shape index (κ3) is 21.8. The predicted molar refractivity (Wildman–Crippen MR) is 200 cm³/mol. The minimum atomic E-state index is -1.60. The van der Waals surface area contributed by atoms with E-state index in [4.69, 9.17) is 48.8 Å². The highest BCUT2D eigenvalue weighted by Crippen LogP contribution is 2.27. The maximum Gasteiger partial charge on any atom is 0.324 e. The van der Waals surface area contributed by atoms with Crippen LogP contribution >= 0.6 is 0 Å². The van der Waals surface area contributed by atoms with E-state index in [1.165, 1.54) is 38.1 Å². The molecule has 0 amide bonds. The number of esters is 6. The number of aliphatic hydroxyl groups excluding tert-OH is 4. The van der Waals surface area contributed by atoms with Crippen LogP contribution in [-0.2, 0) is 47.7 Å². The van der Waals surface area contributed by atoms with Crippen LogP contribution in [0.25, 0.3) is 0 Å². The summed E-state index contributed by atoms with van der Waals surface area (Å²) < 4.78 is 32.5. The Hall–Kier alpha value is -4.12. The fraction of sp³-hybridized carbons (Fsp3) is 0.700. The van der Waals surface area contributed by atoms with Gasteiger partial charge in [0.2, 0.25) is 0 Å². The second-order valence-corrected chi connectivity index (χ2v) is 14.2. The lowest BCUT2D eigenvalue weighted by atomic mass is 9.93. The van der Waals surface area contributed by atoms with Crippen LogP contribution in [0.1, 0.15) is 117 Å². The lowest BCUT2D eigenvalue weighted by Gasteiger charge is -2.27. The molecule has 0 aliphatic rings. The maximum absolute atomic E-state index is 13.5. The van der Waals surface area contributed by atoms with Gasteiger partial charge in [-0.1, -0.05) is 25.7 Å². The molecule has 0 heterocycles. The second kappa shape index (κ2) is 29.2. The Morgan fingerprint density at radius 3 is 0.857 bits per heavy atom. The molecule has 16 nitrogen and oxygen atoms in total. The summed E-state index contributed by atoms with van der Waals surface area (Å²) >= 11 is 0. The first-order valence-electron chi connectivity index (χ1n) is 19.4. The summed E-state index contributed by atoms with van der Waals surface area (Å²) in [6.07, 6.45) is 6.79. The third-order valence-corrected chi connectivity index (χ3v) is 8.59. The van der Waals surface area contributed by atoms with E-state index in [1.54, 1.807) is 0 Å². The van der Waals surface area contributed by atoms with E-state index in [0.29, 0.717) is 77.0 Å². The van der Waals surface area contributed by atoms with Crippen molar-refractivity contribution in [3.63, 3.8) is 0 Å². The van der Waals surface area contributed by atoms with Gasteiger partial charge < -0.3 is 48.8 Å². The first-order valence-corrected chi connectivity index (χ1v) is 19.4. The SMILES string of the molecule is CC(COC(=O)CCCCCO)(COC(=O)CCCCCO)C(=O)Oc1ccc(OC(=O)C(C)(COC(=O)CCCCCO)COC(=O)CCCCCO)cc1. The molecule has 4 N–H and O–H groups in total. The summed E-state index contributed by atoms with van der Waals surface area (Å²) in [5.74, 6) is -3.97. The number of hydrogen-bond acceptors (Lipinski definition) is 16. The molecule has 1 aromatic rings. The molecule has 0 saturated carbocycles. The molecule has 0 aliphatic carbocycles. The number of benzene rings is 1. The van der Waals surface area contributed by atoms with Gasteiger partial charge in [-0.05, 0) is 89.5 Å². The van der Waals surface area contributed by atoms with Crippen LogP contribution in [0.4, 0.5) is 0 Å². The van der Waals surface area contributed by atoms with Crippen molar-refractivity contribution < 1.29 is 77.6 Å². The van der Waals surface area contributed by atoms with Crippen LogP contribution in [0, 0.1) is 10.8 Å². The van der Waals surface area contributed by atoms with Crippen molar-refractivity contribution in [2.45, 2.75) is 117 Å². The van der Waals surface area contributed by atoms with E-state index >= 15 is 0 Å². The summed E-state index contributed by atoms with van der Waals surface area (Å²) in [7, 11) is 0. The van der Waals surface area contributed by atoms with Gasteiger partial charge in [-0.3, -0.25) is 28.8 Å². The van der Waals surface area contributed by atoms with Crippen molar-refractivity contribution in [3.05, 3.63) is 24.3 Å². The fourth-order valence-electron chi connectivity index (χ4n) is 4.83. The molecule has 0 aromatic heterocycles. The zero-order chi connectivity index (χ0) is 41.7. The fourth-order valence-corrected chi connectivity index (χ4v) is 4.83. The monoisotopic (exact) mass is 798 g/mol. The summed E-state index contributed by atoms with van der Waals surface area (Å²) in [5, 5.41) is 35.8. The van der Waals surface area contributed by atoms with Crippen molar-refractivity contribution >= 4 is 35.8 Å². The Balaban J connectivity index is 3.02. The maximum atomic E-state index is 13.5. The topological polar surface area (TPSA) is 239 Å². The third-order valence-electron chi connectivity index (χ3n) is 8.59. The summed E-state index contributed by atoms with van der Waals surface area (Å²) in [5.41, 5.74) is -3.19. The highest BCUT2D eigenvalue weighted by atomic mass is 16.6. The average Bonchev–Trinajstić information content (AvgIpc) is 3.19. The lowest BCUT2D eigenvalue weighted by Crippen LogP contribution is -2.42. The molecule has 0 saturated heterocycles. The molecule has 0 atom stereocenters. The van der Waals surface area contributed by atoms with E-state index in [2.05, 4.69) is 0 Å². The predicted octanol–water partition coefficient (Wildman–Crippen LogP) is 3.89. The second-order valence-electron chi connectivity index (χ2n) is 14.2. The Bertz CT molecular complexity index is 1160. The zero-order valence-corrected chi connectivity index (χ0v) is 33.0. The van der Waals surface area contributed by atoms with E-state index in [9.17, 15) is 28.8 Å². The van der Waals surface area contributed by atoms with Crippen LogP contribution in [-0.4, -0.2) is 109 Å². The standard InChI is InChI=1S/C40H62O16/c1-39(27-51-33(45)15-7-3-11-23-41,28-52-34(46)16-8-4-12-24-42)37(49)55-31-19-21-32(22-20-31)56-38(50)40(2,29-53-35(47)17-9-5-13-25-43)30-54-36(48)18-10-6-14-26-44/h19-22,41-44H,3-18,23-30H2,1-2H3. The molecule has 0 fully saturated rings. The molecule has 318 valence electrons. The van der Waals surface area contributed by atoms with Crippen LogP contribution in [0.3, 0.4) is 0 Å². The quantitative estimate of drug-likeness (QED) is 0.0350. The van der Waals surface area contributed by atoms with Crippen LogP contribution in [0.5, 0.6) is 11.5 Å². The van der Waals surface area contributed by atoms with Crippen molar-refractivity contribution in [1.82, 2.24) is 0 Å². The van der Waals surface area contributed by atoms with Gasteiger partial charge >= 0.3 is 35.8 Å². The van der Waals surface area contributed by atoms with Crippen LogP contribution < -0.4 is 9.47 Å². The first kappa shape index (κ1) is 49.9. The van der Waals surface area contributed by atoms with E-state index in [-0.39, 0.29) is 63.6 Å². The molecule has 16 heteroatoms. The van der Waals surface area contributed by atoms with Crippen molar-refractivity contribution in [1.29, 1.82) is 0 Å². The Morgan fingerprint density at radius 2 is 0.643 bits per heavy atom. The Morgan fingerprint density at radius 1 is 0.411 bits per heavy atom. The molecule has 56 heavy (non-hydrogen) atoms. The number of carbonyl (C=O) groups excluding carboxylic acids is 6. The number of ether oxygens (including phenoxy) is 6. The number of aliphatic hydroxyl groups is 4. The van der Waals surface area contributed by atoms with Gasteiger partial charge in [0.15, 0.2) is 0 Å². The Kier molecular flexibility index (Phi) is 26.0. The van der Waals surface area contributed by atoms with E-state index in [0.717, 1.165) is 0 Å². The summed E-state index contributed by atoms with van der Waals surface area (Å²) in [6.45, 7) is 1.07. The largest absolute Gasteiger partial charge is 0.464 e. The van der Waals surface area contributed by atoms with Gasteiger partial charge in [-0.2, -0.15) is 0 Å². The summed E-state index contributed by atoms with van der Waals surface area (Å²) in [4.78, 5) is 76.4. The molecule has 0 bridgehead atoms. The lowest BCUT2D eigenvalue weighted by molar-refractivity contribution is -0.166. The zero-order valence-electron chi connectivity index (χ0n) is 33.0. The highest BCUT2D eigenvalue weighted by Gasteiger charge is 2.40. The molecule has 0 radical (unpaired) electrons. The van der Waals surface area contributed by atoms with Gasteiger partial charge in [-0.15, -0.1) is 0 Å². The van der Waals surface area contributed by atoms with Gasteiger partial charge in [0, 0.05) is 52.1 Å². The molecular weight excluding hydrogens is 736 g/mol. The first-order chi connectivity index (χ1) is 26.8. The molecule has 0 unspecified atom stereocenters. The number of hydrogen-bond donors (Lipinski definition) is 4. The molecule has 0 spiro atoms. The van der Waals surface area contributed by atoms with Gasteiger partial charge in [0.05, 0.1) is 0 Å². The normalized spacial score (nSPS) is 11.4. The molecular formula is C40H62O16. The van der Waals surface area contributed by atoms with Crippen LogP contribution in [0.2, 0.25) is 0 Å². The van der Waals surface area contributed by atoms with E-state index < -0.39 is 73.1 Å². The number of carbonyl (C=O) groups is 6. The number of rotatable bonds is 32. The molecule has 0 aliphatic heterocycles.